The Labute approximate surface area is 217 Å². The Morgan fingerprint density at radius 3 is 2.68 bits per heavy atom. The van der Waals surface area contributed by atoms with E-state index < -0.39 is 29.8 Å². The zero-order valence-corrected chi connectivity index (χ0v) is 21.8. The maximum atomic E-state index is 13.5. The van der Waals surface area contributed by atoms with Crippen LogP contribution < -0.4 is 5.32 Å². The normalized spacial score (nSPS) is 24.9. The summed E-state index contributed by atoms with van der Waals surface area (Å²) in [7, 11) is 0. The first kappa shape index (κ1) is 26.4. The van der Waals surface area contributed by atoms with Crippen LogP contribution in [0.3, 0.4) is 0 Å². The number of nitrogens with one attached hydrogen (secondary N) is 1. The fourth-order valence-electron chi connectivity index (χ4n) is 5.66. The van der Waals surface area contributed by atoms with Crippen molar-refractivity contribution in [2.45, 2.75) is 82.8 Å². The molecule has 10 nitrogen and oxygen atoms in total. The average molecular weight is 507 g/mol. The summed E-state index contributed by atoms with van der Waals surface area (Å²) in [5.41, 5.74) is 0.723. The highest BCUT2D eigenvalue weighted by atomic mass is 16.6. The summed E-state index contributed by atoms with van der Waals surface area (Å²) in [6.07, 6.45) is 1.27. The number of nitriles is 2. The minimum Gasteiger partial charge on any atom is -0.444 e. The van der Waals surface area contributed by atoms with Gasteiger partial charge in [-0.25, -0.2) is 4.79 Å². The molecule has 0 saturated carbocycles. The fraction of sp³-hybridized carbons (Fsp3) is 0.593. The summed E-state index contributed by atoms with van der Waals surface area (Å²) in [4.78, 5) is 44.9. The van der Waals surface area contributed by atoms with Gasteiger partial charge in [-0.2, -0.15) is 10.5 Å². The molecule has 3 unspecified atom stereocenters. The highest BCUT2D eigenvalue weighted by Crippen LogP contribution is 2.38. The molecule has 5 atom stereocenters. The van der Waals surface area contributed by atoms with E-state index in [4.69, 9.17) is 4.74 Å². The van der Waals surface area contributed by atoms with Gasteiger partial charge in [-0.3, -0.25) is 14.5 Å². The Morgan fingerprint density at radius 1 is 1.27 bits per heavy atom. The number of ether oxygens (including phenoxy) is 1. The van der Waals surface area contributed by atoms with Crippen molar-refractivity contribution in [1.29, 1.82) is 10.5 Å². The van der Waals surface area contributed by atoms with Crippen LogP contribution in [0.25, 0.3) is 0 Å². The molecule has 37 heavy (non-hydrogen) atoms. The predicted molar refractivity (Wildman–Crippen MR) is 134 cm³/mol. The van der Waals surface area contributed by atoms with E-state index in [0.717, 1.165) is 12.0 Å². The first-order valence-corrected chi connectivity index (χ1v) is 12.8. The van der Waals surface area contributed by atoms with E-state index in [9.17, 15) is 24.9 Å². The summed E-state index contributed by atoms with van der Waals surface area (Å²) >= 11 is 0. The van der Waals surface area contributed by atoms with Crippen LogP contribution in [0.4, 0.5) is 4.79 Å². The number of fused-ring (bicyclic) bond motifs is 2. The monoisotopic (exact) mass is 506 g/mol. The quantitative estimate of drug-likeness (QED) is 0.627. The van der Waals surface area contributed by atoms with Crippen molar-refractivity contribution in [1.82, 2.24) is 20.0 Å². The number of hydrogen-bond acceptors (Lipinski definition) is 7. The van der Waals surface area contributed by atoms with Crippen LogP contribution >= 0.6 is 0 Å². The molecule has 196 valence electrons. The number of alkyl carbamates (subject to hydrolysis) is 1. The van der Waals surface area contributed by atoms with Crippen LogP contribution in [-0.2, 0) is 14.3 Å². The molecule has 3 saturated heterocycles. The van der Waals surface area contributed by atoms with Gasteiger partial charge in [0, 0.05) is 25.7 Å². The number of benzene rings is 1. The van der Waals surface area contributed by atoms with Gasteiger partial charge >= 0.3 is 6.09 Å². The van der Waals surface area contributed by atoms with E-state index in [-0.39, 0.29) is 30.4 Å². The lowest BCUT2D eigenvalue weighted by Crippen LogP contribution is -2.59. The van der Waals surface area contributed by atoms with Crippen LogP contribution in [-0.4, -0.2) is 82.0 Å². The smallest absolute Gasteiger partial charge is 0.408 e. The number of hydrogen-bond donors (Lipinski definition) is 1. The summed E-state index contributed by atoms with van der Waals surface area (Å²) in [6.45, 7) is 8.39. The molecule has 3 aliphatic heterocycles. The van der Waals surface area contributed by atoms with Crippen LogP contribution in [0.1, 0.15) is 64.1 Å². The highest BCUT2D eigenvalue weighted by molar-refractivity contribution is 5.88. The molecule has 10 heteroatoms. The minimum absolute atomic E-state index is 0.0225. The molecule has 0 aliphatic carbocycles. The predicted octanol–water partition coefficient (Wildman–Crippen LogP) is 2.31. The third-order valence-electron chi connectivity index (χ3n) is 7.32. The maximum absolute atomic E-state index is 13.5. The number of likely N-dealkylation sites (tertiary alicyclic amines) is 3. The summed E-state index contributed by atoms with van der Waals surface area (Å²) in [5, 5.41) is 21.4. The molecule has 1 aromatic carbocycles. The van der Waals surface area contributed by atoms with Crippen LogP contribution in [0.5, 0.6) is 0 Å². The molecule has 1 N–H and O–H groups in total. The largest absolute Gasteiger partial charge is 0.444 e. The molecule has 3 aliphatic rings. The molecule has 3 amide bonds. The Hall–Kier alpha value is -3.63. The van der Waals surface area contributed by atoms with Gasteiger partial charge in [0.15, 0.2) is 0 Å². The van der Waals surface area contributed by atoms with Gasteiger partial charge in [0.2, 0.25) is 11.8 Å². The van der Waals surface area contributed by atoms with E-state index in [2.05, 4.69) is 17.5 Å². The molecular formula is C27H34N6O4. The van der Waals surface area contributed by atoms with Crippen molar-refractivity contribution in [3.63, 3.8) is 0 Å². The van der Waals surface area contributed by atoms with E-state index in [1.54, 1.807) is 26.8 Å². The molecule has 0 radical (unpaired) electrons. The Morgan fingerprint density at radius 2 is 2.03 bits per heavy atom. The van der Waals surface area contributed by atoms with Crippen LogP contribution in [0.2, 0.25) is 0 Å². The summed E-state index contributed by atoms with van der Waals surface area (Å²) in [6, 6.07) is 9.54. The minimum atomic E-state index is -0.936. The average Bonchev–Trinajstić information content (AvgIpc) is 3.56. The Kier molecular flexibility index (Phi) is 7.42. The number of carbonyl (C=O) groups is 3. The van der Waals surface area contributed by atoms with E-state index in [1.807, 2.05) is 34.9 Å². The summed E-state index contributed by atoms with van der Waals surface area (Å²) in [5.74, 6) is -0.352. The van der Waals surface area contributed by atoms with Gasteiger partial charge in [-0.05, 0) is 64.7 Å². The number of amides is 3. The van der Waals surface area contributed by atoms with E-state index in [1.165, 1.54) is 4.90 Å². The second-order valence-corrected chi connectivity index (χ2v) is 11.0. The van der Waals surface area contributed by atoms with Gasteiger partial charge in [0.05, 0.1) is 29.8 Å². The van der Waals surface area contributed by atoms with Crippen molar-refractivity contribution in [3.8, 4) is 12.1 Å². The first-order valence-electron chi connectivity index (χ1n) is 12.8. The number of piperazine rings is 1. The number of carbonyl (C=O) groups excluding carboxylic acids is 3. The first-order chi connectivity index (χ1) is 17.5. The lowest BCUT2D eigenvalue weighted by atomic mass is 10.0. The standard InChI is InChI=1S/C27H34N6O4/c1-17(19-8-5-7-18(11-19)13-28)33-21-12-23(25(33)35)31(15-21)16-22(30-26(36)37-27(2,3)4)24(34)32-10-6-9-20(32)14-29/h5,7-8,11,17,20-23H,6,9-10,12,15-16H2,1-4H3,(H,30,36)/t17-,20?,21-,22?,23?/m0/s1. The number of nitrogens with zero attached hydrogens (tertiary/aromatic N) is 5. The maximum Gasteiger partial charge on any atom is 0.408 e. The lowest BCUT2D eigenvalue weighted by molar-refractivity contribution is -0.141. The molecule has 3 heterocycles. The third kappa shape index (κ3) is 5.55. The van der Waals surface area contributed by atoms with Crippen LogP contribution in [0, 0.1) is 22.7 Å². The van der Waals surface area contributed by atoms with Crippen molar-refractivity contribution < 1.29 is 19.1 Å². The van der Waals surface area contributed by atoms with Crippen LogP contribution in [0.15, 0.2) is 24.3 Å². The molecular weight excluding hydrogens is 472 g/mol. The Bertz CT molecular complexity index is 1150. The van der Waals surface area contributed by atoms with Crippen molar-refractivity contribution >= 4 is 17.9 Å². The second-order valence-electron chi connectivity index (χ2n) is 11.0. The number of rotatable bonds is 6. The van der Waals surface area contributed by atoms with Gasteiger partial charge in [0.25, 0.3) is 0 Å². The second kappa shape index (κ2) is 10.4. The molecule has 2 bridgehead atoms. The van der Waals surface area contributed by atoms with Gasteiger partial charge in [0.1, 0.15) is 17.7 Å². The molecule has 0 aromatic heterocycles. The van der Waals surface area contributed by atoms with Gasteiger partial charge in [-0.1, -0.05) is 12.1 Å². The molecule has 1 aromatic rings. The van der Waals surface area contributed by atoms with Gasteiger partial charge < -0.3 is 19.9 Å². The zero-order chi connectivity index (χ0) is 26.9. The molecule has 3 fully saturated rings. The van der Waals surface area contributed by atoms with Crippen molar-refractivity contribution in [3.05, 3.63) is 35.4 Å². The SMILES string of the molecule is C[C@@H](c1cccc(C#N)c1)N1C(=O)C2C[C@H]1CN2CC(NC(=O)OC(C)(C)C)C(=O)N1CCCC1C#N. The molecule has 0 spiro atoms. The third-order valence-corrected chi connectivity index (χ3v) is 7.32. The van der Waals surface area contributed by atoms with E-state index in [0.29, 0.717) is 31.5 Å². The van der Waals surface area contributed by atoms with Gasteiger partial charge in [-0.15, -0.1) is 0 Å². The summed E-state index contributed by atoms with van der Waals surface area (Å²) < 4.78 is 5.40. The lowest BCUT2D eigenvalue weighted by Gasteiger charge is -2.39. The molecule has 4 rings (SSSR count). The fourth-order valence-corrected chi connectivity index (χ4v) is 5.66. The Balaban J connectivity index is 1.48. The van der Waals surface area contributed by atoms with Crippen molar-refractivity contribution in [2.75, 3.05) is 19.6 Å². The highest BCUT2D eigenvalue weighted by Gasteiger charge is 2.52. The topological polar surface area (TPSA) is 130 Å². The van der Waals surface area contributed by atoms with E-state index >= 15 is 0 Å². The zero-order valence-electron chi connectivity index (χ0n) is 21.8. The van der Waals surface area contributed by atoms with Crippen molar-refractivity contribution in [2.24, 2.45) is 0 Å².